The molecule has 0 aliphatic heterocycles. The SMILES string of the molecule is N#Cc1c(Br)ncc(OC(F)(F)F)c1N. The third-order valence-electron chi connectivity index (χ3n) is 1.37. The number of nitrogen functional groups attached to an aromatic ring is 1. The van der Waals surface area contributed by atoms with Crippen LogP contribution in [0.2, 0.25) is 0 Å². The molecule has 1 aromatic heterocycles. The molecule has 0 bridgehead atoms. The van der Waals surface area contributed by atoms with Crippen LogP contribution in [-0.4, -0.2) is 11.3 Å². The smallest absolute Gasteiger partial charge is 0.402 e. The molecule has 8 heteroatoms. The van der Waals surface area contributed by atoms with Gasteiger partial charge in [-0.1, -0.05) is 0 Å². The Hall–Kier alpha value is -1.49. The second-order valence-corrected chi connectivity index (χ2v) is 3.11. The van der Waals surface area contributed by atoms with E-state index in [1.807, 2.05) is 0 Å². The molecule has 0 unspecified atom stereocenters. The number of halogens is 4. The highest BCUT2D eigenvalue weighted by atomic mass is 79.9. The largest absolute Gasteiger partial charge is 0.573 e. The molecule has 0 amide bonds. The number of aromatic nitrogens is 1. The van der Waals surface area contributed by atoms with Crippen LogP contribution in [0.3, 0.4) is 0 Å². The predicted octanol–water partition coefficient (Wildman–Crippen LogP) is 2.20. The molecule has 0 aromatic carbocycles. The molecule has 2 N–H and O–H groups in total. The van der Waals surface area contributed by atoms with Crippen molar-refractivity contribution in [2.75, 3.05) is 5.73 Å². The Labute approximate surface area is 90.6 Å². The summed E-state index contributed by atoms with van der Waals surface area (Å²) in [5.41, 5.74) is 4.68. The van der Waals surface area contributed by atoms with Gasteiger partial charge in [0.2, 0.25) is 0 Å². The van der Waals surface area contributed by atoms with Crippen LogP contribution in [0.4, 0.5) is 18.9 Å². The summed E-state index contributed by atoms with van der Waals surface area (Å²) in [6.45, 7) is 0. The van der Waals surface area contributed by atoms with E-state index in [1.54, 1.807) is 6.07 Å². The highest BCUT2D eigenvalue weighted by molar-refractivity contribution is 9.10. The van der Waals surface area contributed by atoms with E-state index in [9.17, 15) is 13.2 Å². The summed E-state index contributed by atoms with van der Waals surface area (Å²) < 4.78 is 39.2. The zero-order chi connectivity index (χ0) is 11.6. The number of hydrogen-bond donors (Lipinski definition) is 1. The van der Waals surface area contributed by atoms with Gasteiger partial charge in [0, 0.05) is 0 Å². The molecule has 1 rings (SSSR count). The third-order valence-corrected chi connectivity index (χ3v) is 1.97. The molecule has 0 atom stereocenters. The molecule has 1 aromatic rings. The van der Waals surface area contributed by atoms with E-state index in [4.69, 9.17) is 11.0 Å². The van der Waals surface area contributed by atoms with E-state index >= 15 is 0 Å². The van der Waals surface area contributed by atoms with Gasteiger partial charge in [-0.3, -0.25) is 0 Å². The maximum atomic E-state index is 11.9. The zero-order valence-corrected chi connectivity index (χ0v) is 8.56. The molecule has 0 fully saturated rings. The molecule has 4 nitrogen and oxygen atoms in total. The summed E-state index contributed by atoms with van der Waals surface area (Å²) in [4.78, 5) is 3.48. The summed E-state index contributed by atoms with van der Waals surface area (Å²) >= 11 is 2.87. The Morgan fingerprint density at radius 1 is 1.53 bits per heavy atom. The first-order chi connectivity index (χ1) is 6.85. The van der Waals surface area contributed by atoms with Crippen LogP contribution in [0.5, 0.6) is 5.75 Å². The number of anilines is 1. The number of pyridine rings is 1. The van der Waals surface area contributed by atoms with Crippen molar-refractivity contribution >= 4 is 21.6 Å². The van der Waals surface area contributed by atoms with Crippen molar-refractivity contribution in [3.05, 3.63) is 16.4 Å². The van der Waals surface area contributed by atoms with Gasteiger partial charge in [0.15, 0.2) is 5.75 Å². The van der Waals surface area contributed by atoms with E-state index in [0.29, 0.717) is 0 Å². The first kappa shape index (κ1) is 11.6. The van der Waals surface area contributed by atoms with Gasteiger partial charge < -0.3 is 10.5 Å². The van der Waals surface area contributed by atoms with E-state index in [-0.39, 0.29) is 10.2 Å². The minimum Gasteiger partial charge on any atom is -0.402 e. The molecule has 15 heavy (non-hydrogen) atoms. The molecule has 0 aliphatic carbocycles. The van der Waals surface area contributed by atoms with Crippen molar-refractivity contribution in [3.63, 3.8) is 0 Å². The molecule has 0 saturated carbocycles. The summed E-state index contributed by atoms with van der Waals surface area (Å²) in [6, 6.07) is 1.61. The Kier molecular flexibility index (Phi) is 3.04. The third kappa shape index (κ3) is 2.73. The number of alkyl halides is 3. The number of hydrogen-bond acceptors (Lipinski definition) is 4. The second-order valence-electron chi connectivity index (χ2n) is 2.36. The Morgan fingerprint density at radius 2 is 2.13 bits per heavy atom. The van der Waals surface area contributed by atoms with Gasteiger partial charge >= 0.3 is 6.36 Å². The summed E-state index contributed by atoms with van der Waals surface area (Å²) in [5, 5.41) is 8.59. The zero-order valence-electron chi connectivity index (χ0n) is 6.97. The lowest BCUT2D eigenvalue weighted by atomic mass is 10.2. The van der Waals surface area contributed by atoms with Crippen LogP contribution < -0.4 is 10.5 Å². The van der Waals surface area contributed by atoms with E-state index in [0.717, 1.165) is 6.20 Å². The summed E-state index contributed by atoms with van der Waals surface area (Å²) in [5.74, 6) is -0.692. The standard InChI is InChI=1S/C7H3BrF3N3O/c8-6-3(1-12)5(13)4(2-14-6)15-7(9,10)11/h2H,(H2,13,14). The molecule has 0 radical (unpaired) electrons. The Bertz CT molecular complexity index is 427. The molecule has 0 spiro atoms. The summed E-state index contributed by atoms with van der Waals surface area (Å²) in [6.07, 6.45) is -4.08. The van der Waals surface area contributed by atoms with Gasteiger partial charge in [0.1, 0.15) is 16.2 Å². The van der Waals surface area contributed by atoms with E-state index < -0.39 is 17.8 Å². The van der Waals surface area contributed by atoms with Gasteiger partial charge in [0.05, 0.1) is 11.9 Å². The molecular formula is C7H3BrF3N3O. The molecule has 0 saturated heterocycles. The second kappa shape index (κ2) is 3.94. The molecule has 0 aliphatic rings. The number of ether oxygens (including phenoxy) is 1. The number of nitrogens with zero attached hydrogens (tertiary/aromatic N) is 2. The van der Waals surface area contributed by atoms with Crippen molar-refractivity contribution in [2.24, 2.45) is 0 Å². The molecular weight excluding hydrogens is 279 g/mol. The van der Waals surface area contributed by atoms with Crippen LogP contribution >= 0.6 is 15.9 Å². The maximum Gasteiger partial charge on any atom is 0.573 e. The van der Waals surface area contributed by atoms with Crippen LogP contribution in [0.1, 0.15) is 5.56 Å². The van der Waals surface area contributed by atoms with Crippen molar-refractivity contribution in [3.8, 4) is 11.8 Å². The normalized spacial score (nSPS) is 10.9. The number of nitrogens with two attached hydrogens (primary N) is 1. The first-order valence-electron chi connectivity index (χ1n) is 3.45. The average molecular weight is 282 g/mol. The van der Waals surface area contributed by atoms with Gasteiger partial charge in [-0.2, -0.15) is 5.26 Å². The molecule has 1 heterocycles. The summed E-state index contributed by atoms with van der Waals surface area (Å²) in [7, 11) is 0. The van der Waals surface area contributed by atoms with Crippen LogP contribution in [-0.2, 0) is 0 Å². The van der Waals surface area contributed by atoms with Crippen molar-refractivity contribution in [1.82, 2.24) is 4.98 Å². The predicted molar refractivity (Wildman–Crippen MR) is 47.7 cm³/mol. The topological polar surface area (TPSA) is 71.9 Å². The average Bonchev–Trinajstić information content (AvgIpc) is 2.09. The minimum absolute atomic E-state index is 0.0667. The highest BCUT2D eigenvalue weighted by Crippen LogP contribution is 2.32. The van der Waals surface area contributed by atoms with Crippen LogP contribution in [0.25, 0.3) is 0 Å². The number of rotatable bonds is 1. The van der Waals surface area contributed by atoms with E-state index in [1.165, 1.54) is 0 Å². The lowest BCUT2D eigenvalue weighted by Crippen LogP contribution is -2.18. The highest BCUT2D eigenvalue weighted by Gasteiger charge is 2.32. The Morgan fingerprint density at radius 3 is 2.60 bits per heavy atom. The lowest BCUT2D eigenvalue weighted by Gasteiger charge is -2.11. The monoisotopic (exact) mass is 281 g/mol. The van der Waals surface area contributed by atoms with Crippen LogP contribution in [0, 0.1) is 11.3 Å². The van der Waals surface area contributed by atoms with Crippen molar-refractivity contribution < 1.29 is 17.9 Å². The fourth-order valence-electron chi connectivity index (χ4n) is 0.796. The first-order valence-corrected chi connectivity index (χ1v) is 4.24. The number of nitriles is 1. The fraction of sp³-hybridized carbons (Fsp3) is 0.143. The minimum atomic E-state index is -4.86. The quantitative estimate of drug-likeness (QED) is 0.801. The van der Waals surface area contributed by atoms with Gasteiger partial charge in [-0.25, -0.2) is 4.98 Å². The van der Waals surface area contributed by atoms with Crippen molar-refractivity contribution in [1.29, 1.82) is 5.26 Å². The fourth-order valence-corrected chi connectivity index (χ4v) is 1.20. The van der Waals surface area contributed by atoms with Gasteiger partial charge in [-0.15, -0.1) is 13.2 Å². The van der Waals surface area contributed by atoms with Gasteiger partial charge in [-0.05, 0) is 15.9 Å². The maximum absolute atomic E-state index is 11.9. The lowest BCUT2D eigenvalue weighted by molar-refractivity contribution is -0.274. The van der Waals surface area contributed by atoms with Crippen molar-refractivity contribution in [2.45, 2.75) is 6.36 Å². The van der Waals surface area contributed by atoms with Gasteiger partial charge in [0.25, 0.3) is 0 Å². The van der Waals surface area contributed by atoms with E-state index in [2.05, 4.69) is 25.7 Å². The molecule has 80 valence electrons. The van der Waals surface area contributed by atoms with Crippen LogP contribution in [0.15, 0.2) is 10.8 Å². The Balaban J connectivity index is 3.18.